The maximum atomic E-state index is 12.8. The second-order valence-corrected chi connectivity index (χ2v) is 7.62. The Morgan fingerprint density at radius 2 is 1.86 bits per heavy atom. The zero-order valence-corrected chi connectivity index (χ0v) is 16.9. The number of ether oxygens (including phenoxy) is 2. The zero-order chi connectivity index (χ0) is 20.5. The van der Waals surface area contributed by atoms with Gasteiger partial charge < -0.3 is 24.6 Å². The standard InChI is InChI=1S/C22H25N3O4/c1-14-10-16(4-6-18(14)24(2)3)23-22(27)15-11-21(26)25(13-15)17-5-7-19-20(12-17)29-9-8-28-19/h4-7,10,12,15H,8-9,11,13H2,1-3H3,(H,23,27). The molecule has 4 rings (SSSR count). The molecule has 1 unspecified atom stereocenters. The quantitative estimate of drug-likeness (QED) is 0.862. The Bertz CT molecular complexity index is 957. The topological polar surface area (TPSA) is 71.1 Å². The highest BCUT2D eigenvalue weighted by Gasteiger charge is 2.35. The molecular formula is C22H25N3O4. The fraction of sp³-hybridized carbons (Fsp3) is 0.364. The summed E-state index contributed by atoms with van der Waals surface area (Å²) in [4.78, 5) is 29.0. The average molecular weight is 395 g/mol. The molecule has 2 aromatic carbocycles. The van der Waals surface area contributed by atoms with Gasteiger partial charge in [0.25, 0.3) is 0 Å². The van der Waals surface area contributed by atoms with E-state index in [2.05, 4.69) is 5.32 Å². The molecular weight excluding hydrogens is 370 g/mol. The van der Waals surface area contributed by atoms with Crippen LogP contribution in [-0.2, 0) is 9.59 Å². The van der Waals surface area contributed by atoms with Crippen molar-refractivity contribution in [2.45, 2.75) is 13.3 Å². The van der Waals surface area contributed by atoms with E-state index in [1.807, 2.05) is 50.2 Å². The van der Waals surface area contributed by atoms with E-state index in [4.69, 9.17) is 9.47 Å². The Kier molecular flexibility index (Phi) is 5.05. The first kappa shape index (κ1) is 19.1. The lowest BCUT2D eigenvalue weighted by molar-refractivity contribution is -0.122. The van der Waals surface area contributed by atoms with E-state index < -0.39 is 5.92 Å². The summed E-state index contributed by atoms with van der Waals surface area (Å²) in [6.45, 7) is 3.36. The lowest BCUT2D eigenvalue weighted by Gasteiger charge is -2.22. The van der Waals surface area contributed by atoms with E-state index in [1.54, 1.807) is 17.0 Å². The van der Waals surface area contributed by atoms with Gasteiger partial charge in [-0.15, -0.1) is 0 Å². The van der Waals surface area contributed by atoms with Crippen LogP contribution in [0.1, 0.15) is 12.0 Å². The van der Waals surface area contributed by atoms with Crippen molar-refractivity contribution in [3.8, 4) is 11.5 Å². The minimum absolute atomic E-state index is 0.0686. The van der Waals surface area contributed by atoms with Crippen LogP contribution in [0.3, 0.4) is 0 Å². The number of aryl methyl sites for hydroxylation is 1. The van der Waals surface area contributed by atoms with Crippen LogP contribution in [-0.4, -0.2) is 45.7 Å². The van der Waals surface area contributed by atoms with Crippen LogP contribution < -0.4 is 24.6 Å². The lowest BCUT2D eigenvalue weighted by atomic mass is 10.1. The van der Waals surface area contributed by atoms with E-state index >= 15 is 0 Å². The molecule has 2 amide bonds. The molecule has 29 heavy (non-hydrogen) atoms. The number of benzene rings is 2. The molecule has 0 aromatic heterocycles. The molecule has 1 saturated heterocycles. The van der Waals surface area contributed by atoms with Gasteiger partial charge in [-0.2, -0.15) is 0 Å². The van der Waals surface area contributed by atoms with Crippen molar-refractivity contribution >= 4 is 28.9 Å². The maximum absolute atomic E-state index is 12.8. The van der Waals surface area contributed by atoms with Crippen molar-refractivity contribution in [3.63, 3.8) is 0 Å². The van der Waals surface area contributed by atoms with Crippen molar-refractivity contribution in [1.29, 1.82) is 0 Å². The normalized spacial score (nSPS) is 18.0. The minimum atomic E-state index is -0.399. The third kappa shape index (κ3) is 3.85. The Balaban J connectivity index is 1.45. The number of hydrogen-bond acceptors (Lipinski definition) is 5. The van der Waals surface area contributed by atoms with Gasteiger partial charge in [-0.3, -0.25) is 9.59 Å². The molecule has 0 bridgehead atoms. The van der Waals surface area contributed by atoms with Crippen LogP contribution in [0.5, 0.6) is 11.5 Å². The number of hydrogen-bond donors (Lipinski definition) is 1. The first-order valence-electron chi connectivity index (χ1n) is 9.71. The van der Waals surface area contributed by atoms with Crippen LogP contribution in [0.2, 0.25) is 0 Å². The van der Waals surface area contributed by atoms with Gasteiger partial charge in [-0.1, -0.05) is 0 Å². The van der Waals surface area contributed by atoms with Gasteiger partial charge in [0.05, 0.1) is 5.92 Å². The van der Waals surface area contributed by atoms with Gasteiger partial charge in [-0.25, -0.2) is 0 Å². The second-order valence-electron chi connectivity index (χ2n) is 7.62. The van der Waals surface area contributed by atoms with Gasteiger partial charge in [0.15, 0.2) is 11.5 Å². The van der Waals surface area contributed by atoms with Crippen molar-refractivity contribution in [2.75, 3.05) is 49.0 Å². The van der Waals surface area contributed by atoms with Crippen LogP contribution >= 0.6 is 0 Å². The van der Waals surface area contributed by atoms with E-state index in [0.29, 0.717) is 31.3 Å². The van der Waals surface area contributed by atoms with Crippen LogP contribution in [0.15, 0.2) is 36.4 Å². The molecule has 2 aromatic rings. The number of amides is 2. The molecule has 1 N–H and O–H groups in total. The third-order valence-corrected chi connectivity index (χ3v) is 5.28. The summed E-state index contributed by atoms with van der Waals surface area (Å²) >= 11 is 0. The molecule has 0 spiro atoms. The minimum Gasteiger partial charge on any atom is -0.486 e. The highest BCUT2D eigenvalue weighted by atomic mass is 16.6. The van der Waals surface area contributed by atoms with Crippen molar-refractivity contribution in [2.24, 2.45) is 5.92 Å². The van der Waals surface area contributed by atoms with Crippen molar-refractivity contribution in [1.82, 2.24) is 0 Å². The highest BCUT2D eigenvalue weighted by molar-refractivity contribution is 6.03. The summed E-state index contributed by atoms with van der Waals surface area (Å²) in [6.07, 6.45) is 0.190. The maximum Gasteiger partial charge on any atom is 0.229 e. The monoisotopic (exact) mass is 395 g/mol. The van der Waals surface area contributed by atoms with Gasteiger partial charge in [0.2, 0.25) is 11.8 Å². The summed E-state index contributed by atoms with van der Waals surface area (Å²) in [5, 5.41) is 2.95. The summed E-state index contributed by atoms with van der Waals surface area (Å²) in [5.41, 5.74) is 3.64. The first-order valence-corrected chi connectivity index (χ1v) is 9.71. The summed E-state index contributed by atoms with van der Waals surface area (Å²) < 4.78 is 11.1. The van der Waals surface area contributed by atoms with Crippen LogP contribution in [0.25, 0.3) is 0 Å². The van der Waals surface area contributed by atoms with Gasteiger partial charge >= 0.3 is 0 Å². The number of nitrogens with one attached hydrogen (secondary N) is 1. The second kappa shape index (κ2) is 7.66. The summed E-state index contributed by atoms with van der Waals surface area (Å²) in [6, 6.07) is 11.2. The number of fused-ring (bicyclic) bond motifs is 1. The third-order valence-electron chi connectivity index (χ3n) is 5.28. The van der Waals surface area contributed by atoms with Gasteiger partial charge in [0, 0.05) is 50.2 Å². The van der Waals surface area contributed by atoms with Gasteiger partial charge in [0.1, 0.15) is 13.2 Å². The largest absolute Gasteiger partial charge is 0.486 e. The molecule has 2 aliphatic heterocycles. The molecule has 2 aliphatic rings. The zero-order valence-electron chi connectivity index (χ0n) is 16.9. The van der Waals surface area contributed by atoms with E-state index in [9.17, 15) is 9.59 Å². The molecule has 2 heterocycles. The first-order chi connectivity index (χ1) is 13.9. The fourth-order valence-electron chi connectivity index (χ4n) is 3.81. The smallest absolute Gasteiger partial charge is 0.229 e. The molecule has 0 radical (unpaired) electrons. The predicted molar refractivity (Wildman–Crippen MR) is 112 cm³/mol. The predicted octanol–water partition coefficient (Wildman–Crippen LogP) is 2.82. The van der Waals surface area contributed by atoms with Crippen LogP contribution in [0, 0.1) is 12.8 Å². The molecule has 152 valence electrons. The average Bonchev–Trinajstić information content (AvgIpc) is 3.09. The van der Waals surface area contributed by atoms with Crippen LogP contribution in [0.4, 0.5) is 17.1 Å². The summed E-state index contributed by atoms with van der Waals surface area (Å²) in [5.74, 6) is 0.698. The van der Waals surface area contributed by atoms with Crippen molar-refractivity contribution in [3.05, 3.63) is 42.0 Å². The number of rotatable bonds is 4. The number of carbonyl (C=O) groups is 2. The number of carbonyl (C=O) groups excluding carboxylic acids is 2. The molecule has 7 nitrogen and oxygen atoms in total. The van der Waals surface area contributed by atoms with E-state index in [-0.39, 0.29) is 18.2 Å². The molecule has 7 heteroatoms. The van der Waals surface area contributed by atoms with E-state index in [1.165, 1.54) is 0 Å². The Morgan fingerprint density at radius 1 is 1.10 bits per heavy atom. The summed E-state index contributed by atoms with van der Waals surface area (Å²) in [7, 11) is 3.97. The molecule has 0 aliphatic carbocycles. The molecule has 0 saturated carbocycles. The Labute approximate surface area is 170 Å². The fourth-order valence-corrected chi connectivity index (χ4v) is 3.81. The molecule has 1 atom stereocenters. The number of anilines is 3. The SMILES string of the molecule is Cc1cc(NC(=O)C2CC(=O)N(c3ccc4c(c3)OCCO4)C2)ccc1N(C)C. The van der Waals surface area contributed by atoms with Gasteiger partial charge in [-0.05, 0) is 42.8 Å². The highest BCUT2D eigenvalue weighted by Crippen LogP contribution is 2.36. The van der Waals surface area contributed by atoms with E-state index in [0.717, 1.165) is 22.6 Å². The number of nitrogens with zero attached hydrogens (tertiary/aromatic N) is 2. The molecule has 1 fully saturated rings. The Hall–Kier alpha value is -3.22. The Morgan fingerprint density at radius 3 is 2.59 bits per heavy atom. The lowest BCUT2D eigenvalue weighted by Crippen LogP contribution is -2.28. The van der Waals surface area contributed by atoms with Crippen molar-refractivity contribution < 1.29 is 19.1 Å².